The van der Waals surface area contributed by atoms with Crippen LogP contribution in [-0.4, -0.2) is 10.1 Å². The topological polar surface area (TPSA) is 89.5 Å². The monoisotopic (exact) mass is 197 g/mol. The summed E-state index contributed by atoms with van der Waals surface area (Å²) in [6.45, 7) is 1.70. The number of hydrogen-bond donors (Lipinski definition) is 0. The standard InChI is InChI=1S/C7H7N3O4/c1-6-3-2-4-7(5-6)8(9(11)12)10(13)14/h2-5H,1H3. The van der Waals surface area contributed by atoms with Crippen molar-refractivity contribution in [3.63, 3.8) is 0 Å². The molecule has 1 aromatic rings. The van der Waals surface area contributed by atoms with Crippen LogP contribution in [0.1, 0.15) is 5.56 Å². The third-order valence-electron chi connectivity index (χ3n) is 1.54. The zero-order chi connectivity index (χ0) is 10.7. The molecule has 7 nitrogen and oxygen atoms in total. The average Bonchev–Trinajstić information content (AvgIpc) is 2.02. The largest absolute Gasteiger partial charge is 0.230 e. The molecular formula is C7H7N3O4. The van der Waals surface area contributed by atoms with Crippen LogP contribution in [0.25, 0.3) is 0 Å². The van der Waals surface area contributed by atoms with E-state index in [0.29, 0.717) is 0 Å². The van der Waals surface area contributed by atoms with Gasteiger partial charge in [-0.2, -0.15) is 0 Å². The minimum Gasteiger partial charge on any atom is -0.230 e. The van der Waals surface area contributed by atoms with Crippen molar-refractivity contribution in [3.8, 4) is 0 Å². The first-order valence-electron chi connectivity index (χ1n) is 3.68. The maximum absolute atomic E-state index is 10.3. The van der Waals surface area contributed by atoms with Crippen molar-refractivity contribution < 1.29 is 10.1 Å². The summed E-state index contributed by atoms with van der Waals surface area (Å²) in [5.74, 6) is 0. The lowest BCUT2D eigenvalue weighted by molar-refractivity contribution is -0.711. The van der Waals surface area contributed by atoms with Gasteiger partial charge >= 0.3 is 0 Å². The normalized spacial score (nSPS) is 9.50. The Hall–Kier alpha value is -2.18. The van der Waals surface area contributed by atoms with Crippen LogP contribution in [0, 0.1) is 27.2 Å². The van der Waals surface area contributed by atoms with E-state index in [1.165, 1.54) is 18.2 Å². The fourth-order valence-electron chi connectivity index (χ4n) is 1.00. The van der Waals surface area contributed by atoms with Gasteiger partial charge < -0.3 is 0 Å². The molecule has 0 bridgehead atoms. The smallest absolute Gasteiger partial charge is 0.228 e. The van der Waals surface area contributed by atoms with Crippen molar-refractivity contribution in [3.05, 3.63) is 50.1 Å². The molecule has 0 heterocycles. The lowest BCUT2D eigenvalue weighted by Crippen LogP contribution is -2.35. The molecule has 0 saturated carbocycles. The second kappa shape index (κ2) is 3.69. The van der Waals surface area contributed by atoms with E-state index >= 15 is 0 Å². The minimum atomic E-state index is -1.07. The van der Waals surface area contributed by atoms with Crippen molar-refractivity contribution in [1.82, 2.24) is 0 Å². The number of hydrogen-bond acceptors (Lipinski definition) is 4. The summed E-state index contributed by atoms with van der Waals surface area (Å²) in [6.07, 6.45) is 0. The third-order valence-corrected chi connectivity index (χ3v) is 1.54. The van der Waals surface area contributed by atoms with Crippen LogP contribution in [0.2, 0.25) is 0 Å². The zero-order valence-electron chi connectivity index (χ0n) is 7.28. The maximum Gasteiger partial charge on any atom is 0.228 e. The van der Waals surface area contributed by atoms with E-state index < -0.39 is 10.1 Å². The van der Waals surface area contributed by atoms with Gasteiger partial charge in [-0.05, 0) is 24.6 Å². The molecule has 0 aliphatic rings. The first-order chi connectivity index (χ1) is 6.52. The summed E-state index contributed by atoms with van der Waals surface area (Å²) in [5.41, 5.74) is 0.649. The molecule has 0 spiro atoms. The molecule has 0 aromatic heterocycles. The number of hydrazine groups is 2. The van der Waals surface area contributed by atoms with Gasteiger partial charge in [0.25, 0.3) is 0 Å². The molecule has 0 fully saturated rings. The van der Waals surface area contributed by atoms with Gasteiger partial charge in [0, 0.05) is 0 Å². The van der Waals surface area contributed by atoms with E-state index in [0.717, 1.165) is 5.56 Å². The Balaban J connectivity index is 3.12. The Morgan fingerprint density at radius 3 is 2.21 bits per heavy atom. The predicted molar refractivity (Wildman–Crippen MR) is 47.6 cm³/mol. The zero-order valence-corrected chi connectivity index (χ0v) is 7.28. The number of anilines is 1. The second-order valence-corrected chi connectivity index (χ2v) is 2.60. The fraction of sp³-hybridized carbons (Fsp3) is 0.143. The maximum atomic E-state index is 10.3. The molecule has 0 radical (unpaired) electrons. The summed E-state index contributed by atoms with van der Waals surface area (Å²) in [4.78, 5) is 20.7. The van der Waals surface area contributed by atoms with Crippen molar-refractivity contribution in [2.75, 3.05) is 5.12 Å². The van der Waals surface area contributed by atoms with Crippen LogP contribution in [0.15, 0.2) is 24.3 Å². The summed E-state index contributed by atoms with van der Waals surface area (Å²) in [6, 6.07) is 5.89. The van der Waals surface area contributed by atoms with E-state index in [2.05, 4.69) is 0 Å². The minimum absolute atomic E-state index is 0.0694. The number of benzene rings is 1. The molecule has 1 rings (SSSR count). The molecule has 0 amide bonds. The van der Waals surface area contributed by atoms with Crippen LogP contribution in [0.4, 0.5) is 5.69 Å². The van der Waals surface area contributed by atoms with E-state index in [-0.39, 0.29) is 10.8 Å². The van der Waals surface area contributed by atoms with Gasteiger partial charge in [0.1, 0.15) is 0 Å². The van der Waals surface area contributed by atoms with E-state index in [1.807, 2.05) is 0 Å². The molecule has 14 heavy (non-hydrogen) atoms. The third kappa shape index (κ3) is 1.94. The van der Waals surface area contributed by atoms with Crippen LogP contribution >= 0.6 is 0 Å². The summed E-state index contributed by atoms with van der Waals surface area (Å²) in [5, 5.41) is 18.4. The molecule has 0 aliphatic carbocycles. The molecule has 0 aliphatic heterocycles. The van der Waals surface area contributed by atoms with Crippen molar-refractivity contribution in [2.45, 2.75) is 6.92 Å². The number of nitro groups is 2. The van der Waals surface area contributed by atoms with E-state index in [9.17, 15) is 20.2 Å². The Morgan fingerprint density at radius 1 is 1.21 bits per heavy atom. The van der Waals surface area contributed by atoms with Crippen LogP contribution in [0.3, 0.4) is 0 Å². The van der Waals surface area contributed by atoms with Gasteiger partial charge in [0.15, 0.2) is 10.8 Å². The van der Waals surface area contributed by atoms with Crippen molar-refractivity contribution in [2.24, 2.45) is 0 Å². The first-order valence-corrected chi connectivity index (χ1v) is 3.68. The molecule has 0 atom stereocenters. The number of nitrogens with zero attached hydrogens (tertiary/aromatic N) is 3. The highest BCUT2D eigenvalue weighted by Crippen LogP contribution is 2.15. The van der Waals surface area contributed by atoms with E-state index in [4.69, 9.17) is 0 Å². The molecule has 7 heteroatoms. The predicted octanol–water partition coefficient (Wildman–Crippen LogP) is 1.18. The van der Waals surface area contributed by atoms with Gasteiger partial charge in [0.05, 0.1) is 0 Å². The second-order valence-electron chi connectivity index (χ2n) is 2.60. The number of rotatable bonds is 3. The highest BCUT2D eigenvalue weighted by Gasteiger charge is 2.29. The van der Waals surface area contributed by atoms with Gasteiger partial charge in [-0.1, -0.05) is 12.1 Å². The highest BCUT2D eigenvalue weighted by molar-refractivity contribution is 5.43. The van der Waals surface area contributed by atoms with Crippen LogP contribution < -0.4 is 5.12 Å². The fourth-order valence-corrected chi connectivity index (χ4v) is 1.00. The lowest BCUT2D eigenvalue weighted by Gasteiger charge is -2.03. The van der Waals surface area contributed by atoms with Crippen molar-refractivity contribution >= 4 is 5.69 Å². The molecule has 0 N–H and O–H groups in total. The Morgan fingerprint density at radius 2 is 1.79 bits per heavy atom. The molecule has 0 unspecified atom stereocenters. The summed E-state index contributed by atoms with van der Waals surface area (Å²) < 4.78 is 0. The first kappa shape index (κ1) is 9.90. The van der Waals surface area contributed by atoms with Gasteiger partial charge in [-0.3, -0.25) is 0 Å². The summed E-state index contributed by atoms with van der Waals surface area (Å²) in [7, 11) is 0. The van der Waals surface area contributed by atoms with Gasteiger partial charge in [-0.25, -0.2) is 20.2 Å². The SMILES string of the molecule is Cc1cccc(N([N+](=O)[O-])[N+](=O)[O-])c1. The molecular weight excluding hydrogens is 190 g/mol. The number of aryl methyl sites for hydroxylation is 1. The van der Waals surface area contributed by atoms with Gasteiger partial charge in [-0.15, -0.1) is 0 Å². The summed E-state index contributed by atoms with van der Waals surface area (Å²) >= 11 is 0. The van der Waals surface area contributed by atoms with Crippen molar-refractivity contribution in [1.29, 1.82) is 0 Å². The van der Waals surface area contributed by atoms with Crippen LogP contribution in [-0.2, 0) is 0 Å². The lowest BCUT2D eigenvalue weighted by atomic mass is 10.2. The Kier molecular flexibility index (Phi) is 2.61. The Labute approximate surface area is 78.8 Å². The molecule has 74 valence electrons. The molecule has 0 saturated heterocycles. The van der Waals surface area contributed by atoms with E-state index in [1.54, 1.807) is 13.0 Å². The average molecular weight is 197 g/mol. The molecule has 1 aromatic carbocycles. The highest BCUT2D eigenvalue weighted by atomic mass is 16.8. The van der Waals surface area contributed by atoms with Gasteiger partial charge in [0.2, 0.25) is 10.1 Å². The quantitative estimate of drug-likeness (QED) is 0.536. The van der Waals surface area contributed by atoms with Crippen LogP contribution in [0.5, 0.6) is 0 Å². The Bertz CT molecular complexity index is 365.